The summed E-state index contributed by atoms with van der Waals surface area (Å²) in [6.07, 6.45) is 4.87. The minimum atomic E-state index is -3.59. The summed E-state index contributed by atoms with van der Waals surface area (Å²) in [5.41, 5.74) is 1.33. The van der Waals surface area contributed by atoms with Crippen molar-refractivity contribution in [3.05, 3.63) is 82.4 Å². The fourth-order valence-electron chi connectivity index (χ4n) is 5.64. The lowest BCUT2D eigenvalue weighted by Gasteiger charge is -2.52. The van der Waals surface area contributed by atoms with Gasteiger partial charge in [0.1, 0.15) is 0 Å². The van der Waals surface area contributed by atoms with E-state index >= 15 is 0 Å². The molecule has 2 fully saturated rings. The van der Waals surface area contributed by atoms with Crippen LogP contribution >= 0.6 is 23.2 Å². The number of carbonyl (C=O) groups excluding carboxylic acids is 1. The first-order valence-electron chi connectivity index (χ1n) is 13.2. The molecule has 0 bridgehead atoms. The molecule has 0 aromatic heterocycles. The molecular formula is C30H38Cl2N2O3S. The highest BCUT2D eigenvalue weighted by Gasteiger charge is 2.53. The molecule has 206 valence electrons. The zero-order valence-corrected chi connectivity index (χ0v) is 24.9. The summed E-state index contributed by atoms with van der Waals surface area (Å²) < 4.78 is 28.0. The smallest absolute Gasteiger partial charge is 0.229 e. The van der Waals surface area contributed by atoms with E-state index in [9.17, 15) is 13.2 Å². The monoisotopic (exact) mass is 576 g/mol. The number of hydrogen-bond acceptors (Lipinski definition) is 3. The Hall–Kier alpha value is -1.86. The highest BCUT2D eigenvalue weighted by molar-refractivity contribution is 7.90. The number of amides is 1. The molecular weight excluding hydrogens is 539 g/mol. The molecule has 1 N–H and O–H groups in total. The molecule has 4 atom stereocenters. The number of halogens is 2. The van der Waals surface area contributed by atoms with E-state index in [1.807, 2.05) is 60.4 Å². The van der Waals surface area contributed by atoms with E-state index in [1.165, 1.54) is 0 Å². The maximum atomic E-state index is 14.5. The van der Waals surface area contributed by atoms with Crippen molar-refractivity contribution >= 4 is 39.1 Å². The molecule has 1 heterocycles. The number of nitrogens with zero attached hydrogens (tertiary/aromatic N) is 1. The molecule has 0 radical (unpaired) electrons. The lowest BCUT2D eigenvalue weighted by atomic mass is 9.67. The highest BCUT2D eigenvalue weighted by Crippen LogP contribution is 2.54. The van der Waals surface area contributed by atoms with Crippen LogP contribution in [-0.4, -0.2) is 36.6 Å². The van der Waals surface area contributed by atoms with Gasteiger partial charge in [-0.1, -0.05) is 60.5 Å². The number of benzene rings is 2. The third kappa shape index (κ3) is 5.99. The Morgan fingerprint density at radius 1 is 1.11 bits per heavy atom. The topological polar surface area (TPSA) is 66.5 Å². The van der Waals surface area contributed by atoms with E-state index in [0.29, 0.717) is 22.9 Å². The Balaban J connectivity index is 1.86. The second-order valence-corrected chi connectivity index (χ2v) is 15.4. The molecule has 8 heteroatoms. The first kappa shape index (κ1) is 29.1. The summed E-state index contributed by atoms with van der Waals surface area (Å²) in [6.45, 7) is 11.2. The maximum Gasteiger partial charge on any atom is 0.229 e. The first-order valence-corrected chi connectivity index (χ1v) is 15.4. The molecule has 0 spiro atoms. The number of allylic oxidation sites excluding steroid dienone is 1. The van der Waals surface area contributed by atoms with Gasteiger partial charge in [0.05, 0.1) is 16.2 Å². The average molecular weight is 578 g/mol. The van der Waals surface area contributed by atoms with Gasteiger partial charge < -0.3 is 4.90 Å². The van der Waals surface area contributed by atoms with Crippen molar-refractivity contribution in [3.63, 3.8) is 0 Å². The van der Waals surface area contributed by atoms with Crippen LogP contribution in [0.3, 0.4) is 0 Å². The van der Waals surface area contributed by atoms with Gasteiger partial charge in [-0.05, 0) is 87.8 Å². The van der Waals surface area contributed by atoms with Crippen LogP contribution in [0.5, 0.6) is 0 Å². The number of rotatable bonds is 9. The molecule has 2 aromatic carbocycles. The predicted molar refractivity (Wildman–Crippen MR) is 156 cm³/mol. The minimum Gasteiger partial charge on any atom is -0.330 e. The van der Waals surface area contributed by atoms with E-state index in [2.05, 4.69) is 17.4 Å². The van der Waals surface area contributed by atoms with Gasteiger partial charge in [-0.3, -0.25) is 4.79 Å². The quantitative estimate of drug-likeness (QED) is 0.323. The maximum absolute atomic E-state index is 14.5. The zero-order valence-electron chi connectivity index (χ0n) is 22.6. The molecule has 1 saturated carbocycles. The van der Waals surface area contributed by atoms with Gasteiger partial charge in [0.15, 0.2) is 0 Å². The summed E-state index contributed by atoms with van der Waals surface area (Å²) in [7, 11) is -3.59. The van der Waals surface area contributed by atoms with Crippen LogP contribution in [0.15, 0.2) is 61.2 Å². The number of hydrogen-bond donors (Lipinski definition) is 1. The Labute approximate surface area is 237 Å². The molecule has 2 aromatic rings. The van der Waals surface area contributed by atoms with Gasteiger partial charge in [0, 0.05) is 28.5 Å². The van der Waals surface area contributed by atoms with E-state index < -0.39 is 20.2 Å². The summed E-state index contributed by atoms with van der Waals surface area (Å²) in [4.78, 5) is 16.5. The summed E-state index contributed by atoms with van der Waals surface area (Å²) in [5.74, 6) is 0.197. The number of sulfonamides is 1. The van der Waals surface area contributed by atoms with Gasteiger partial charge in [-0.2, -0.15) is 0 Å². The first-order chi connectivity index (χ1) is 17.8. The van der Waals surface area contributed by atoms with E-state index in [0.717, 1.165) is 24.0 Å². The second kappa shape index (κ2) is 11.0. The van der Waals surface area contributed by atoms with Crippen LogP contribution in [0.25, 0.3) is 0 Å². The van der Waals surface area contributed by atoms with Crippen molar-refractivity contribution < 1.29 is 13.2 Å². The van der Waals surface area contributed by atoms with Crippen molar-refractivity contribution in [1.29, 1.82) is 0 Å². The minimum absolute atomic E-state index is 0.0301. The van der Waals surface area contributed by atoms with E-state index in [-0.39, 0.29) is 36.4 Å². The van der Waals surface area contributed by atoms with Crippen molar-refractivity contribution in [2.45, 2.75) is 76.1 Å². The van der Waals surface area contributed by atoms with Crippen LogP contribution in [0.2, 0.25) is 10.0 Å². The molecule has 38 heavy (non-hydrogen) atoms. The number of carbonyl (C=O) groups is 1. The standard InChI is InChI=1S/C30H38Cl2N2O3S/c1-6-16-30(5)18-25(22-8-7-9-24(32)17-22)27(21-12-14-23(31)15-13-21)34(28(30)35)26(20-10-11-20)19-33-38(36,37)29(2,3)4/h6-9,12-15,17,20,25-27,33H,1,10-11,16,18-19H2,2-5H3/t25-,26?,27-,30+/m1/s1. The van der Waals surface area contributed by atoms with Crippen LogP contribution in [-0.2, 0) is 14.8 Å². The van der Waals surface area contributed by atoms with Crippen molar-refractivity contribution in [3.8, 4) is 0 Å². The number of piperidine rings is 1. The molecule has 4 rings (SSSR count). The fourth-order valence-corrected chi connectivity index (χ4v) is 6.79. The van der Waals surface area contributed by atoms with Crippen molar-refractivity contribution in [1.82, 2.24) is 9.62 Å². The zero-order chi connectivity index (χ0) is 27.9. The Morgan fingerprint density at radius 2 is 1.76 bits per heavy atom. The third-order valence-corrected chi connectivity index (χ3v) is 10.6. The highest BCUT2D eigenvalue weighted by atomic mass is 35.5. The van der Waals surface area contributed by atoms with Crippen LogP contribution < -0.4 is 4.72 Å². The summed E-state index contributed by atoms with van der Waals surface area (Å²) >= 11 is 12.7. The van der Waals surface area contributed by atoms with Gasteiger partial charge in [0.2, 0.25) is 15.9 Å². The second-order valence-electron chi connectivity index (χ2n) is 12.0. The molecule has 5 nitrogen and oxygen atoms in total. The number of nitrogens with one attached hydrogen (secondary N) is 1. The summed E-state index contributed by atoms with van der Waals surface area (Å²) in [5, 5.41) is 1.26. The van der Waals surface area contributed by atoms with Gasteiger partial charge in [-0.15, -0.1) is 6.58 Å². The normalized spacial score (nSPS) is 25.3. The van der Waals surface area contributed by atoms with Gasteiger partial charge >= 0.3 is 0 Å². The largest absolute Gasteiger partial charge is 0.330 e. The Morgan fingerprint density at radius 3 is 2.32 bits per heavy atom. The fraction of sp³-hybridized carbons (Fsp3) is 0.500. The molecule has 1 saturated heterocycles. The van der Waals surface area contributed by atoms with E-state index in [1.54, 1.807) is 20.8 Å². The van der Waals surface area contributed by atoms with Gasteiger partial charge in [0.25, 0.3) is 0 Å². The van der Waals surface area contributed by atoms with Crippen LogP contribution in [0, 0.1) is 11.3 Å². The van der Waals surface area contributed by atoms with Crippen molar-refractivity contribution in [2.24, 2.45) is 11.3 Å². The van der Waals surface area contributed by atoms with Crippen LogP contribution in [0.1, 0.15) is 76.5 Å². The lowest BCUT2D eigenvalue weighted by Crippen LogP contribution is -2.59. The van der Waals surface area contributed by atoms with Gasteiger partial charge in [-0.25, -0.2) is 13.1 Å². The third-order valence-electron chi connectivity index (χ3n) is 8.00. The van der Waals surface area contributed by atoms with E-state index in [4.69, 9.17) is 23.2 Å². The van der Waals surface area contributed by atoms with Crippen LogP contribution in [0.4, 0.5) is 0 Å². The molecule has 1 aliphatic heterocycles. The van der Waals surface area contributed by atoms with Crippen molar-refractivity contribution in [2.75, 3.05) is 6.54 Å². The number of likely N-dealkylation sites (tertiary alicyclic amines) is 1. The lowest BCUT2D eigenvalue weighted by molar-refractivity contribution is -0.155. The molecule has 2 aliphatic rings. The summed E-state index contributed by atoms with van der Waals surface area (Å²) in [6, 6.07) is 14.9. The molecule has 1 aliphatic carbocycles. The average Bonchev–Trinajstić information content (AvgIpc) is 3.67. The Kier molecular flexibility index (Phi) is 8.40. The Bertz CT molecular complexity index is 1290. The predicted octanol–water partition coefficient (Wildman–Crippen LogP) is 7.13. The molecule has 1 amide bonds. The SMILES string of the molecule is C=CC[C@@]1(C)C[C@H](c2cccc(Cl)c2)[C@@H](c2ccc(Cl)cc2)N(C(CNS(=O)(=O)C(C)(C)C)C2CC2)C1=O. The molecule has 1 unspecified atom stereocenters.